The monoisotopic (exact) mass is 501 g/mol. The van der Waals surface area contributed by atoms with Crippen LogP contribution in [0.15, 0.2) is 54.6 Å². The van der Waals surface area contributed by atoms with Gasteiger partial charge in [0.2, 0.25) is 21.8 Å². The minimum absolute atomic E-state index is 0.0575. The molecular weight excluding hydrogens is 466 g/mol. The number of anilines is 1. The third-order valence-corrected chi connectivity index (χ3v) is 7.01. The molecule has 0 bridgehead atoms. The van der Waals surface area contributed by atoms with E-state index in [9.17, 15) is 22.8 Å². The fourth-order valence-corrected chi connectivity index (χ4v) is 4.37. The van der Waals surface area contributed by atoms with Crippen LogP contribution in [-0.4, -0.2) is 62.3 Å². The third kappa shape index (κ3) is 8.20. The summed E-state index contributed by atoms with van der Waals surface area (Å²) in [6, 6.07) is 14.8. The molecule has 0 aliphatic carbocycles. The minimum Gasteiger partial charge on any atom is -0.352 e. The highest BCUT2D eigenvalue weighted by atomic mass is 32.2. The number of rotatable bonds is 12. The number of ketones is 1. The van der Waals surface area contributed by atoms with Gasteiger partial charge in [0.15, 0.2) is 5.78 Å². The van der Waals surface area contributed by atoms with Crippen molar-refractivity contribution in [1.82, 2.24) is 10.2 Å². The van der Waals surface area contributed by atoms with Crippen LogP contribution in [0.1, 0.15) is 50.0 Å². The number of nitrogens with zero attached hydrogens (tertiary/aromatic N) is 2. The zero-order valence-electron chi connectivity index (χ0n) is 21.0. The highest BCUT2D eigenvalue weighted by Gasteiger charge is 2.30. The topological polar surface area (TPSA) is 104 Å². The molecule has 0 aliphatic rings. The van der Waals surface area contributed by atoms with E-state index in [1.54, 1.807) is 19.1 Å². The Kier molecular flexibility index (Phi) is 10.0. The summed E-state index contributed by atoms with van der Waals surface area (Å²) < 4.78 is 26.2. The Labute approximate surface area is 208 Å². The number of sulfonamides is 1. The second kappa shape index (κ2) is 12.5. The first-order valence-electron chi connectivity index (χ1n) is 11.7. The van der Waals surface area contributed by atoms with E-state index in [-0.39, 0.29) is 30.0 Å². The summed E-state index contributed by atoms with van der Waals surface area (Å²) in [6.07, 6.45) is 2.26. The number of amides is 2. The highest BCUT2D eigenvalue weighted by Crippen LogP contribution is 2.20. The van der Waals surface area contributed by atoms with E-state index in [0.29, 0.717) is 12.0 Å². The van der Waals surface area contributed by atoms with E-state index >= 15 is 0 Å². The summed E-state index contributed by atoms with van der Waals surface area (Å²) in [5.74, 6) is -1.02. The van der Waals surface area contributed by atoms with Gasteiger partial charge in [-0.15, -0.1) is 0 Å². The smallest absolute Gasteiger partial charge is 0.244 e. The van der Waals surface area contributed by atoms with Crippen molar-refractivity contribution in [2.24, 2.45) is 0 Å². The van der Waals surface area contributed by atoms with Gasteiger partial charge in [0.25, 0.3) is 0 Å². The molecule has 0 heterocycles. The second-order valence-electron chi connectivity index (χ2n) is 8.69. The average Bonchev–Trinajstić information content (AvgIpc) is 2.82. The van der Waals surface area contributed by atoms with Gasteiger partial charge in [0, 0.05) is 18.2 Å². The van der Waals surface area contributed by atoms with E-state index in [4.69, 9.17) is 0 Å². The van der Waals surface area contributed by atoms with E-state index in [2.05, 4.69) is 5.32 Å². The van der Waals surface area contributed by atoms with Crippen LogP contribution in [0.4, 0.5) is 5.69 Å². The first kappa shape index (κ1) is 28.0. The summed E-state index contributed by atoms with van der Waals surface area (Å²) in [6.45, 7) is 6.61. The molecule has 0 radical (unpaired) electrons. The molecule has 0 saturated heterocycles. The molecule has 35 heavy (non-hydrogen) atoms. The van der Waals surface area contributed by atoms with Crippen molar-refractivity contribution >= 4 is 33.3 Å². The lowest BCUT2D eigenvalue weighted by Gasteiger charge is -2.32. The lowest BCUT2D eigenvalue weighted by atomic mass is 10.1. The maximum atomic E-state index is 13.5. The van der Waals surface area contributed by atoms with Gasteiger partial charge in [0.1, 0.15) is 12.6 Å². The van der Waals surface area contributed by atoms with E-state index < -0.39 is 28.5 Å². The molecule has 9 heteroatoms. The molecule has 0 saturated carbocycles. The standard InChI is InChI=1S/C26H35N3O5S/c1-6-19(2)27-26(32)20(3)28(16-15-22-11-8-7-9-12-22)25(31)18-29(35(5,33)34)24-14-10-13-23(17-24)21(4)30/h7-14,17,19-20H,6,15-16,18H2,1-5H3,(H,27,32). The van der Waals surface area contributed by atoms with E-state index in [1.807, 2.05) is 44.2 Å². The lowest BCUT2D eigenvalue weighted by Crippen LogP contribution is -2.53. The fourth-order valence-electron chi connectivity index (χ4n) is 3.53. The van der Waals surface area contributed by atoms with E-state index in [0.717, 1.165) is 22.5 Å². The average molecular weight is 502 g/mol. The summed E-state index contributed by atoms with van der Waals surface area (Å²) in [4.78, 5) is 39.6. The summed E-state index contributed by atoms with van der Waals surface area (Å²) in [7, 11) is -3.85. The molecular formula is C26H35N3O5S. The minimum atomic E-state index is -3.85. The number of hydrogen-bond acceptors (Lipinski definition) is 5. The molecule has 0 fully saturated rings. The molecule has 0 spiro atoms. The molecule has 190 valence electrons. The maximum absolute atomic E-state index is 13.5. The first-order valence-corrected chi connectivity index (χ1v) is 13.5. The molecule has 2 amide bonds. The van der Waals surface area contributed by atoms with Crippen LogP contribution in [0.5, 0.6) is 0 Å². The van der Waals surface area contributed by atoms with Gasteiger partial charge < -0.3 is 10.2 Å². The van der Waals surface area contributed by atoms with Gasteiger partial charge >= 0.3 is 0 Å². The molecule has 0 aliphatic heterocycles. The summed E-state index contributed by atoms with van der Waals surface area (Å²) in [5, 5.41) is 2.90. The summed E-state index contributed by atoms with van der Waals surface area (Å²) >= 11 is 0. The molecule has 2 rings (SSSR count). The lowest BCUT2D eigenvalue weighted by molar-refractivity contribution is -0.139. The van der Waals surface area contributed by atoms with Crippen molar-refractivity contribution in [3.05, 3.63) is 65.7 Å². The maximum Gasteiger partial charge on any atom is 0.244 e. The van der Waals surface area contributed by atoms with Crippen LogP contribution in [-0.2, 0) is 26.0 Å². The predicted molar refractivity (Wildman–Crippen MR) is 138 cm³/mol. The van der Waals surface area contributed by atoms with Crippen molar-refractivity contribution < 1.29 is 22.8 Å². The number of carbonyl (C=O) groups excluding carboxylic acids is 3. The molecule has 8 nitrogen and oxygen atoms in total. The van der Waals surface area contributed by atoms with E-state index in [1.165, 1.54) is 24.0 Å². The Bertz CT molecular complexity index is 1130. The zero-order valence-corrected chi connectivity index (χ0v) is 21.8. The fraction of sp³-hybridized carbons (Fsp3) is 0.423. The molecule has 2 unspecified atom stereocenters. The molecule has 2 aromatic carbocycles. The third-order valence-electron chi connectivity index (χ3n) is 5.87. The normalized spacial score (nSPS) is 12.9. The second-order valence-corrected chi connectivity index (χ2v) is 10.6. The Morgan fingerprint density at radius 1 is 1.00 bits per heavy atom. The number of carbonyl (C=O) groups is 3. The van der Waals surface area contributed by atoms with Crippen LogP contribution >= 0.6 is 0 Å². The van der Waals surface area contributed by atoms with Crippen LogP contribution < -0.4 is 9.62 Å². The van der Waals surface area contributed by atoms with Crippen molar-refractivity contribution in [2.45, 2.75) is 52.6 Å². The predicted octanol–water partition coefficient (Wildman–Crippen LogP) is 3.03. The molecule has 1 N–H and O–H groups in total. The van der Waals surface area contributed by atoms with Gasteiger partial charge in [0.05, 0.1) is 11.9 Å². The highest BCUT2D eigenvalue weighted by molar-refractivity contribution is 7.92. The molecule has 2 atom stereocenters. The molecule has 2 aromatic rings. The van der Waals surface area contributed by atoms with Gasteiger partial charge in [-0.1, -0.05) is 49.4 Å². The number of nitrogens with one attached hydrogen (secondary N) is 1. The zero-order chi connectivity index (χ0) is 26.2. The quantitative estimate of drug-likeness (QED) is 0.450. The van der Waals surface area contributed by atoms with Crippen LogP contribution in [0, 0.1) is 0 Å². The number of hydrogen-bond donors (Lipinski definition) is 1. The Balaban J connectivity index is 2.35. The molecule has 0 aromatic heterocycles. The Morgan fingerprint density at radius 2 is 1.66 bits per heavy atom. The van der Waals surface area contributed by atoms with Crippen LogP contribution in [0.3, 0.4) is 0 Å². The first-order chi connectivity index (χ1) is 16.4. The van der Waals surface area contributed by atoms with Crippen molar-refractivity contribution in [3.63, 3.8) is 0 Å². The van der Waals surface area contributed by atoms with Gasteiger partial charge in [-0.3, -0.25) is 18.7 Å². The van der Waals surface area contributed by atoms with Crippen molar-refractivity contribution in [2.75, 3.05) is 23.7 Å². The summed E-state index contributed by atoms with van der Waals surface area (Å²) in [5.41, 5.74) is 1.55. The van der Waals surface area contributed by atoms with Gasteiger partial charge in [-0.25, -0.2) is 8.42 Å². The van der Waals surface area contributed by atoms with Crippen LogP contribution in [0.2, 0.25) is 0 Å². The van der Waals surface area contributed by atoms with Crippen LogP contribution in [0.25, 0.3) is 0 Å². The van der Waals surface area contributed by atoms with Crippen molar-refractivity contribution in [3.8, 4) is 0 Å². The Morgan fingerprint density at radius 3 is 2.23 bits per heavy atom. The largest absolute Gasteiger partial charge is 0.352 e. The number of Topliss-reactive ketones (excluding diaryl/α,β-unsaturated/α-hetero) is 1. The Hall–Kier alpha value is -3.20. The van der Waals surface area contributed by atoms with Gasteiger partial charge in [-0.05, 0) is 51.3 Å². The number of benzene rings is 2. The SMILES string of the molecule is CCC(C)NC(=O)C(C)N(CCc1ccccc1)C(=O)CN(c1cccc(C(C)=O)c1)S(C)(=O)=O. The van der Waals surface area contributed by atoms with Crippen molar-refractivity contribution in [1.29, 1.82) is 0 Å². The van der Waals surface area contributed by atoms with Gasteiger partial charge in [-0.2, -0.15) is 0 Å².